The van der Waals surface area contributed by atoms with E-state index in [1.807, 2.05) is 6.20 Å². The van der Waals surface area contributed by atoms with E-state index in [-0.39, 0.29) is 0 Å². The molecule has 0 aliphatic carbocycles. The zero-order valence-corrected chi connectivity index (χ0v) is 8.91. The predicted octanol–water partition coefficient (Wildman–Crippen LogP) is 3.67. The minimum atomic E-state index is 0.583. The highest BCUT2D eigenvalue weighted by Gasteiger charge is 2.01. The highest BCUT2D eigenvalue weighted by Crippen LogP contribution is 2.20. The number of pyridine rings is 1. The molecule has 2 aromatic rings. The lowest BCUT2D eigenvalue weighted by atomic mass is 10.0. The first kappa shape index (κ1) is 9.20. The first-order chi connectivity index (χ1) is 6.66. The molecule has 1 heterocycles. The smallest absolute Gasteiger partial charge is 0.0702 e. The monoisotopic (exact) mass is 185 g/mol. The zero-order chi connectivity index (χ0) is 10.1. The van der Waals surface area contributed by atoms with Gasteiger partial charge in [-0.3, -0.25) is 4.98 Å². The molecule has 14 heavy (non-hydrogen) atoms. The quantitative estimate of drug-likeness (QED) is 0.660. The molecule has 0 aliphatic rings. The maximum absolute atomic E-state index is 4.38. The van der Waals surface area contributed by atoms with Gasteiger partial charge < -0.3 is 0 Å². The number of fused-ring (bicyclic) bond motifs is 1. The summed E-state index contributed by atoms with van der Waals surface area (Å²) in [4.78, 5) is 4.38. The second-order valence-corrected chi connectivity index (χ2v) is 4.12. The Morgan fingerprint density at radius 3 is 2.64 bits per heavy atom. The van der Waals surface area contributed by atoms with E-state index in [9.17, 15) is 0 Å². The molecule has 0 fully saturated rings. The first-order valence-corrected chi connectivity index (χ1v) is 5.03. The van der Waals surface area contributed by atoms with Crippen LogP contribution in [0.5, 0.6) is 0 Å². The zero-order valence-electron chi connectivity index (χ0n) is 8.91. The molecule has 0 aliphatic heterocycles. The van der Waals surface area contributed by atoms with Gasteiger partial charge in [-0.2, -0.15) is 0 Å². The third-order valence-corrected chi connectivity index (χ3v) is 2.51. The van der Waals surface area contributed by atoms with Crippen molar-refractivity contribution in [2.75, 3.05) is 0 Å². The Balaban J connectivity index is 2.63. The summed E-state index contributed by atoms with van der Waals surface area (Å²) >= 11 is 0. The van der Waals surface area contributed by atoms with Gasteiger partial charge in [0.25, 0.3) is 0 Å². The molecule has 1 nitrogen and oxygen atoms in total. The van der Waals surface area contributed by atoms with Gasteiger partial charge in [-0.15, -0.1) is 0 Å². The van der Waals surface area contributed by atoms with E-state index in [1.54, 1.807) is 0 Å². The van der Waals surface area contributed by atoms with E-state index in [2.05, 4.69) is 50.0 Å². The topological polar surface area (TPSA) is 12.9 Å². The molecule has 0 saturated carbocycles. The number of aryl methyl sites for hydroxylation is 1. The maximum atomic E-state index is 4.38. The second kappa shape index (κ2) is 3.41. The van der Waals surface area contributed by atoms with E-state index in [4.69, 9.17) is 0 Å². The molecule has 0 unspecified atom stereocenters. The molecule has 0 saturated heterocycles. The molecular formula is C13H15N. The van der Waals surface area contributed by atoms with Crippen molar-refractivity contribution in [3.05, 3.63) is 41.6 Å². The van der Waals surface area contributed by atoms with Crippen LogP contribution in [0.15, 0.2) is 30.5 Å². The summed E-state index contributed by atoms with van der Waals surface area (Å²) in [6.45, 7) is 6.50. The Morgan fingerprint density at radius 2 is 1.93 bits per heavy atom. The Labute approximate surface area is 84.8 Å². The van der Waals surface area contributed by atoms with Gasteiger partial charge in [0.15, 0.2) is 0 Å². The van der Waals surface area contributed by atoms with Crippen LogP contribution in [0.25, 0.3) is 10.9 Å². The third-order valence-electron chi connectivity index (χ3n) is 2.51. The van der Waals surface area contributed by atoms with Crippen LogP contribution < -0.4 is 0 Å². The van der Waals surface area contributed by atoms with Crippen molar-refractivity contribution in [2.45, 2.75) is 26.7 Å². The first-order valence-electron chi connectivity index (χ1n) is 5.03. The van der Waals surface area contributed by atoms with Crippen LogP contribution in [0.2, 0.25) is 0 Å². The molecule has 0 bridgehead atoms. The van der Waals surface area contributed by atoms with Crippen molar-refractivity contribution in [3.63, 3.8) is 0 Å². The Hall–Kier alpha value is -1.37. The Morgan fingerprint density at radius 1 is 1.14 bits per heavy atom. The van der Waals surface area contributed by atoms with Crippen molar-refractivity contribution in [1.29, 1.82) is 0 Å². The lowest BCUT2D eigenvalue weighted by Gasteiger charge is -2.06. The fourth-order valence-electron chi connectivity index (χ4n) is 1.62. The number of aromatic nitrogens is 1. The molecule has 0 N–H and O–H groups in total. The van der Waals surface area contributed by atoms with E-state index in [0.29, 0.717) is 5.92 Å². The lowest BCUT2D eigenvalue weighted by molar-refractivity contribution is 0.868. The van der Waals surface area contributed by atoms with Crippen LogP contribution in [0.1, 0.15) is 30.9 Å². The molecule has 1 aromatic carbocycles. The summed E-state index contributed by atoms with van der Waals surface area (Å²) in [7, 11) is 0. The largest absolute Gasteiger partial charge is 0.256 e. The molecule has 2 rings (SSSR count). The van der Waals surface area contributed by atoms with E-state index in [1.165, 1.54) is 16.5 Å². The van der Waals surface area contributed by atoms with Crippen LogP contribution in [0, 0.1) is 6.92 Å². The van der Waals surface area contributed by atoms with Gasteiger partial charge in [0.1, 0.15) is 0 Å². The van der Waals surface area contributed by atoms with Gasteiger partial charge in [0.05, 0.1) is 5.52 Å². The molecule has 0 amide bonds. The molecule has 72 valence electrons. The average molecular weight is 185 g/mol. The summed E-state index contributed by atoms with van der Waals surface area (Å²) in [5.41, 5.74) is 3.68. The fraction of sp³-hybridized carbons (Fsp3) is 0.308. The van der Waals surface area contributed by atoms with Gasteiger partial charge in [-0.1, -0.05) is 19.9 Å². The summed E-state index contributed by atoms with van der Waals surface area (Å²) in [6, 6.07) is 8.69. The highest BCUT2D eigenvalue weighted by molar-refractivity contribution is 5.79. The van der Waals surface area contributed by atoms with Crippen molar-refractivity contribution < 1.29 is 0 Å². The van der Waals surface area contributed by atoms with Crippen LogP contribution in [-0.4, -0.2) is 4.98 Å². The van der Waals surface area contributed by atoms with E-state index >= 15 is 0 Å². The van der Waals surface area contributed by atoms with Crippen LogP contribution in [-0.2, 0) is 0 Å². The SMILES string of the molecule is Cc1cnc2ccc(C(C)C)cc2c1. The van der Waals surface area contributed by atoms with Gasteiger partial charge in [-0.05, 0) is 42.2 Å². The van der Waals surface area contributed by atoms with Gasteiger partial charge in [0.2, 0.25) is 0 Å². The number of hydrogen-bond donors (Lipinski definition) is 0. The fourth-order valence-corrected chi connectivity index (χ4v) is 1.62. The highest BCUT2D eigenvalue weighted by atomic mass is 14.6. The minimum Gasteiger partial charge on any atom is -0.256 e. The molecular weight excluding hydrogens is 170 g/mol. The van der Waals surface area contributed by atoms with Crippen LogP contribution in [0.3, 0.4) is 0 Å². The van der Waals surface area contributed by atoms with E-state index in [0.717, 1.165) is 5.52 Å². The number of benzene rings is 1. The summed E-state index contributed by atoms with van der Waals surface area (Å²) in [6.07, 6.45) is 1.91. The molecule has 1 aromatic heterocycles. The van der Waals surface area contributed by atoms with Crippen LogP contribution >= 0.6 is 0 Å². The summed E-state index contributed by atoms with van der Waals surface area (Å²) in [5.74, 6) is 0.583. The Kier molecular flexibility index (Phi) is 2.24. The summed E-state index contributed by atoms with van der Waals surface area (Å²) < 4.78 is 0. The summed E-state index contributed by atoms with van der Waals surface area (Å²) in [5, 5.41) is 1.25. The Bertz CT molecular complexity index is 458. The molecule has 1 heteroatoms. The second-order valence-electron chi connectivity index (χ2n) is 4.12. The molecule has 0 atom stereocenters. The van der Waals surface area contributed by atoms with E-state index < -0.39 is 0 Å². The van der Waals surface area contributed by atoms with Crippen molar-refractivity contribution in [2.24, 2.45) is 0 Å². The number of hydrogen-bond acceptors (Lipinski definition) is 1. The normalized spacial score (nSPS) is 11.1. The van der Waals surface area contributed by atoms with Crippen molar-refractivity contribution >= 4 is 10.9 Å². The number of nitrogens with zero attached hydrogens (tertiary/aromatic N) is 1. The molecule has 0 radical (unpaired) electrons. The van der Waals surface area contributed by atoms with Crippen molar-refractivity contribution in [3.8, 4) is 0 Å². The third kappa shape index (κ3) is 1.63. The van der Waals surface area contributed by atoms with Gasteiger partial charge >= 0.3 is 0 Å². The maximum Gasteiger partial charge on any atom is 0.0702 e. The number of rotatable bonds is 1. The lowest BCUT2D eigenvalue weighted by Crippen LogP contribution is -1.88. The molecule has 0 spiro atoms. The van der Waals surface area contributed by atoms with Gasteiger partial charge in [0, 0.05) is 11.6 Å². The van der Waals surface area contributed by atoms with Gasteiger partial charge in [-0.25, -0.2) is 0 Å². The van der Waals surface area contributed by atoms with Crippen LogP contribution in [0.4, 0.5) is 0 Å². The average Bonchev–Trinajstić information content (AvgIpc) is 2.16. The van der Waals surface area contributed by atoms with Crippen molar-refractivity contribution in [1.82, 2.24) is 4.98 Å². The standard InChI is InChI=1S/C13H15N/c1-9(2)11-4-5-13-12(7-11)6-10(3)8-14-13/h4-9H,1-3H3. The minimum absolute atomic E-state index is 0.583. The predicted molar refractivity (Wildman–Crippen MR) is 60.6 cm³/mol.